The molecule has 1 heterocycles. The number of aromatic nitrogens is 1. The molecule has 34 heavy (non-hydrogen) atoms. The van der Waals surface area contributed by atoms with Gasteiger partial charge in [0.05, 0.1) is 11.0 Å². The maximum atomic E-state index is 12.4. The highest BCUT2D eigenvalue weighted by Crippen LogP contribution is 2.25. The van der Waals surface area contributed by atoms with Crippen LogP contribution in [0.3, 0.4) is 0 Å². The van der Waals surface area contributed by atoms with Crippen molar-refractivity contribution in [1.82, 2.24) is 15.6 Å². The standard InChI is InChI=1S/C27H33N5O2/c33-26(28-20-7-3-1-4-8-20)30-22-13-11-18-15-19-12-14-23(17-25(19)32-24(18)16-22)31-27(34)29-21-9-5-2-6-10-21/h11-17,20-21H,1-10H2,(H2,28,30,33)(H2,29,31,34). The smallest absolute Gasteiger partial charge is 0.319 e. The fraction of sp³-hybridized carbons (Fsp3) is 0.444. The summed E-state index contributed by atoms with van der Waals surface area (Å²) in [6, 6.07) is 13.8. The first-order valence-electron chi connectivity index (χ1n) is 12.6. The molecular formula is C27H33N5O2. The number of carbonyl (C=O) groups is 2. The van der Waals surface area contributed by atoms with E-state index in [0.29, 0.717) is 11.4 Å². The van der Waals surface area contributed by atoms with Crippen LogP contribution in [0.4, 0.5) is 21.0 Å². The number of pyridine rings is 1. The van der Waals surface area contributed by atoms with Crippen molar-refractivity contribution in [3.8, 4) is 0 Å². The third-order valence-corrected chi connectivity index (χ3v) is 7.01. The van der Waals surface area contributed by atoms with Crippen LogP contribution in [0.2, 0.25) is 0 Å². The number of anilines is 2. The van der Waals surface area contributed by atoms with E-state index in [2.05, 4.69) is 27.3 Å². The van der Waals surface area contributed by atoms with Crippen molar-refractivity contribution < 1.29 is 9.59 Å². The quantitative estimate of drug-likeness (QED) is 0.345. The summed E-state index contributed by atoms with van der Waals surface area (Å²) in [5, 5.41) is 14.1. The van der Waals surface area contributed by atoms with Gasteiger partial charge in [-0.3, -0.25) is 0 Å². The van der Waals surface area contributed by atoms with E-state index in [9.17, 15) is 9.59 Å². The zero-order chi connectivity index (χ0) is 23.3. The van der Waals surface area contributed by atoms with Gasteiger partial charge in [0.2, 0.25) is 0 Å². The zero-order valence-corrected chi connectivity index (χ0v) is 19.5. The van der Waals surface area contributed by atoms with Gasteiger partial charge in [0, 0.05) is 34.2 Å². The Hall–Kier alpha value is -3.35. The van der Waals surface area contributed by atoms with E-state index in [1.165, 1.54) is 38.5 Å². The number of hydrogen-bond donors (Lipinski definition) is 4. The first-order chi connectivity index (χ1) is 16.6. The maximum absolute atomic E-state index is 12.4. The lowest BCUT2D eigenvalue weighted by atomic mass is 9.96. The third-order valence-electron chi connectivity index (χ3n) is 7.01. The molecule has 0 saturated heterocycles. The molecule has 7 heteroatoms. The van der Waals surface area contributed by atoms with Crippen LogP contribution in [-0.2, 0) is 0 Å². The van der Waals surface area contributed by atoms with Gasteiger partial charge in [-0.2, -0.15) is 0 Å². The second-order valence-corrected chi connectivity index (χ2v) is 9.67. The van der Waals surface area contributed by atoms with Crippen molar-refractivity contribution in [3.05, 3.63) is 42.5 Å². The van der Waals surface area contributed by atoms with E-state index in [1.54, 1.807) is 0 Å². The molecule has 0 atom stereocenters. The molecule has 1 aromatic heterocycles. The van der Waals surface area contributed by atoms with Gasteiger partial charge in [-0.05, 0) is 56.0 Å². The Labute approximate surface area is 200 Å². The molecule has 0 spiro atoms. The lowest BCUT2D eigenvalue weighted by Crippen LogP contribution is -2.39. The molecule has 2 aliphatic carbocycles. The minimum absolute atomic E-state index is 0.164. The molecule has 2 saturated carbocycles. The topological polar surface area (TPSA) is 95.2 Å². The van der Waals surface area contributed by atoms with Crippen LogP contribution < -0.4 is 21.3 Å². The fourth-order valence-electron chi connectivity index (χ4n) is 5.18. The van der Waals surface area contributed by atoms with E-state index < -0.39 is 0 Å². The average molecular weight is 460 g/mol. The second-order valence-electron chi connectivity index (χ2n) is 9.67. The number of rotatable bonds is 4. The van der Waals surface area contributed by atoms with E-state index in [-0.39, 0.29) is 24.1 Å². The van der Waals surface area contributed by atoms with E-state index in [1.807, 2.05) is 36.4 Å². The van der Waals surface area contributed by atoms with Crippen LogP contribution in [0.5, 0.6) is 0 Å². The summed E-state index contributed by atoms with van der Waals surface area (Å²) in [7, 11) is 0. The highest BCUT2D eigenvalue weighted by atomic mass is 16.2. The number of nitrogens with one attached hydrogen (secondary N) is 4. The highest BCUT2D eigenvalue weighted by molar-refractivity contribution is 5.98. The van der Waals surface area contributed by atoms with Crippen molar-refractivity contribution in [2.45, 2.75) is 76.3 Å². The van der Waals surface area contributed by atoms with Crippen molar-refractivity contribution in [2.75, 3.05) is 10.6 Å². The average Bonchev–Trinajstić information content (AvgIpc) is 2.84. The third kappa shape index (κ3) is 5.58. The Morgan fingerprint density at radius 3 is 1.50 bits per heavy atom. The molecule has 0 unspecified atom stereocenters. The molecule has 0 aliphatic heterocycles. The minimum atomic E-state index is -0.164. The number of benzene rings is 2. The van der Waals surface area contributed by atoms with Crippen LogP contribution in [0.25, 0.3) is 21.8 Å². The number of fused-ring (bicyclic) bond motifs is 2. The Bertz CT molecular complexity index is 1090. The van der Waals surface area contributed by atoms with Gasteiger partial charge >= 0.3 is 12.1 Å². The predicted molar refractivity (Wildman–Crippen MR) is 137 cm³/mol. The normalized spacial score (nSPS) is 17.4. The monoisotopic (exact) mass is 459 g/mol. The Morgan fingerprint density at radius 2 is 1.06 bits per heavy atom. The summed E-state index contributed by atoms with van der Waals surface area (Å²) in [4.78, 5) is 29.7. The number of urea groups is 2. The summed E-state index contributed by atoms with van der Waals surface area (Å²) in [6.07, 6.45) is 11.4. The molecule has 4 N–H and O–H groups in total. The van der Waals surface area contributed by atoms with E-state index in [4.69, 9.17) is 4.98 Å². The molecule has 7 nitrogen and oxygen atoms in total. The summed E-state index contributed by atoms with van der Waals surface area (Å²) >= 11 is 0. The Morgan fingerprint density at radius 1 is 0.618 bits per heavy atom. The molecule has 2 fully saturated rings. The van der Waals surface area contributed by atoms with Crippen LogP contribution in [0.15, 0.2) is 42.5 Å². The Balaban J connectivity index is 1.27. The number of nitrogens with zero attached hydrogens (tertiary/aromatic N) is 1. The van der Waals surface area contributed by atoms with E-state index in [0.717, 1.165) is 47.5 Å². The minimum Gasteiger partial charge on any atom is -0.335 e. The molecule has 2 aliphatic rings. The first-order valence-corrected chi connectivity index (χ1v) is 12.6. The lowest BCUT2D eigenvalue weighted by molar-refractivity contribution is 0.243. The van der Waals surface area contributed by atoms with Gasteiger partial charge < -0.3 is 21.3 Å². The molecule has 0 radical (unpaired) electrons. The van der Waals surface area contributed by atoms with Crippen LogP contribution in [-0.4, -0.2) is 29.1 Å². The second kappa shape index (κ2) is 10.3. The van der Waals surface area contributed by atoms with Crippen LogP contribution in [0.1, 0.15) is 64.2 Å². The summed E-state index contributed by atoms with van der Waals surface area (Å²) in [5.74, 6) is 0. The number of amides is 4. The van der Waals surface area contributed by atoms with Gasteiger partial charge in [0.1, 0.15) is 0 Å². The SMILES string of the molecule is O=C(Nc1ccc2cc3ccc(NC(=O)NC4CCCCC4)cc3nc2c1)NC1CCCCC1. The van der Waals surface area contributed by atoms with Gasteiger partial charge in [-0.15, -0.1) is 0 Å². The van der Waals surface area contributed by atoms with E-state index >= 15 is 0 Å². The van der Waals surface area contributed by atoms with Gasteiger partial charge in [0.25, 0.3) is 0 Å². The number of carbonyl (C=O) groups excluding carboxylic acids is 2. The van der Waals surface area contributed by atoms with Gasteiger partial charge in [0.15, 0.2) is 0 Å². The molecule has 3 aromatic rings. The summed E-state index contributed by atoms with van der Waals surface area (Å²) in [6.45, 7) is 0. The van der Waals surface area contributed by atoms with Crippen molar-refractivity contribution >= 4 is 45.2 Å². The molecule has 5 rings (SSSR count). The fourth-order valence-corrected chi connectivity index (χ4v) is 5.18. The van der Waals surface area contributed by atoms with Crippen LogP contribution >= 0.6 is 0 Å². The largest absolute Gasteiger partial charge is 0.335 e. The maximum Gasteiger partial charge on any atom is 0.319 e. The van der Waals surface area contributed by atoms with Crippen LogP contribution in [0, 0.1) is 0 Å². The van der Waals surface area contributed by atoms with Crippen molar-refractivity contribution in [1.29, 1.82) is 0 Å². The summed E-state index contributed by atoms with van der Waals surface area (Å²) in [5.41, 5.74) is 3.03. The highest BCUT2D eigenvalue weighted by Gasteiger charge is 2.17. The summed E-state index contributed by atoms with van der Waals surface area (Å²) < 4.78 is 0. The van der Waals surface area contributed by atoms with Crippen molar-refractivity contribution in [2.24, 2.45) is 0 Å². The zero-order valence-electron chi connectivity index (χ0n) is 19.5. The van der Waals surface area contributed by atoms with Crippen molar-refractivity contribution in [3.63, 3.8) is 0 Å². The molecule has 178 valence electrons. The van der Waals surface area contributed by atoms with Gasteiger partial charge in [-0.1, -0.05) is 50.7 Å². The number of hydrogen-bond acceptors (Lipinski definition) is 3. The molecule has 2 aromatic carbocycles. The van der Waals surface area contributed by atoms with Gasteiger partial charge in [-0.25, -0.2) is 14.6 Å². The molecule has 4 amide bonds. The predicted octanol–water partition coefficient (Wildman–Crippen LogP) is 6.30. The Kier molecular flexibility index (Phi) is 6.79. The molecule has 0 bridgehead atoms. The lowest BCUT2D eigenvalue weighted by Gasteiger charge is -2.23. The molecular weight excluding hydrogens is 426 g/mol. The first kappa shape index (κ1) is 22.4.